The van der Waals surface area contributed by atoms with Crippen molar-refractivity contribution in [3.05, 3.63) is 119 Å². The van der Waals surface area contributed by atoms with Crippen LogP contribution in [0.4, 0.5) is 22.9 Å². The first-order valence-corrected chi connectivity index (χ1v) is 13.8. The van der Waals surface area contributed by atoms with Crippen molar-refractivity contribution in [1.82, 2.24) is 9.78 Å². The zero-order valence-corrected chi connectivity index (χ0v) is 23.8. The first-order chi connectivity index (χ1) is 20.4. The van der Waals surface area contributed by atoms with E-state index in [-0.39, 0.29) is 11.8 Å². The van der Waals surface area contributed by atoms with Crippen LogP contribution in [-0.4, -0.2) is 33.7 Å². The zero-order valence-electron chi connectivity index (χ0n) is 23.8. The second kappa shape index (κ2) is 9.92. The number of benzene rings is 4. The molecule has 42 heavy (non-hydrogen) atoms. The van der Waals surface area contributed by atoms with Gasteiger partial charge < -0.3 is 20.1 Å². The van der Waals surface area contributed by atoms with E-state index < -0.39 is 0 Å². The number of phenols is 1. The zero-order chi connectivity index (χ0) is 29.0. The van der Waals surface area contributed by atoms with Gasteiger partial charge in [-0.15, -0.1) is 0 Å². The summed E-state index contributed by atoms with van der Waals surface area (Å²) in [5.74, 6) is 2.54. The number of hydrogen-bond donors (Lipinski definition) is 2. The lowest BCUT2D eigenvalue weighted by Gasteiger charge is -2.40. The molecule has 0 aliphatic carbocycles. The van der Waals surface area contributed by atoms with Gasteiger partial charge in [0.2, 0.25) is 0 Å². The Hall–Kier alpha value is -5.37. The van der Waals surface area contributed by atoms with Gasteiger partial charge in [0.25, 0.3) is 0 Å². The van der Waals surface area contributed by atoms with E-state index in [2.05, 4.69) is 48.3 Å². The quantitative estimate of drug-likeness (QED) is 0.243. The van der Waals surface area contributed by atoms with Gasteiger partial charge in [-0.1, -0.05) is 48.5 Å². The molecule has 0 bridgehead atoms. The molecule has 5 aromatic rings. The van der Waals surface area contributed by atoms with Crippen LogP contribution >= 0.6 is 0 Å². The van der Waals surface area contributed by atoms with Crippen LogP contribution in [0, 0.1) is 20.8 Å². The number of rotatable bonds is 4. The predicted molar refractivity (Wildman–Crippen MR) is 167 cm³/mol. The summed E-state index contributed by atoms with van der Waals surface area (Å²) < 4.78 is 7.44. The number of aromatic nitrogens is 2. The number of anilines is 2. The van der Waals surface area contributed by atoms with Crippen LogP contribution in [0.2, 0.25) is 0 Å². The van der Waals surface area contributed by atoms with Gasteiger partial charge in [-0.3, -0.25) is 0 Å². The minimum Gasteiger partial charge on any atom is -0.504 e. The molecule has 1 aromatic heterocycles. The van der Waals surface area contributed by atoms with Gasteiger partial charge >= 0.3 is 0 Å². The molecule has 3 heterocycles. The molecule has 1 atom stereocenters. The number of aryl methyl sites for hydroxylation is 3. The third kappa shape index (κ3) is 4.11. The summed E-state index contributed by atoms with van der Waals surface area (Å²) in [5, 5.41) is 19.1. The smallest absolute Gasteiger partial charge is 0.179 e. The Balaban J connectivity index is 1.51. The molecular formula is C34H30N6O2. The van der Waals surface area contributed by atoms with E-state index in [0.717, 1.165) is 56.5 Å². The highest BCUT2D eigenvalue weighted by Crippen LogP contribution is 2.49. The lowest BCUT2D eigenvalue weighted by molar-refractivity contribution is 0.372. The van der Waals surface area contributed by atoms with Crippen molar-refractivity contribution in [1.29, 1.82) is 0 Å². The molecule has 208 valence electrons. The normalized spacial score (nSPS) is 15.2. The number of ether oxygens (including phenoxy) is 1. The molecule has 2 aliphatic heterocycles. The minimum absolute atomic E-state index is 0.0840. The molecule has 0 fully saturated rings. The number of hydrogen-bond acceptors (Lipinski definition) is 7. The molecule has 0 unspecified atom stereocenters. The molecule has 0 amide bonds. The van der Waals surface area contributed by atoms with Crippen molar-refractivity contribution in [3.8, 4) is 17.2 Å². The van der Waals surface area contributed by atoms with Crippen molar-refractivity contribution in [3.63, 3.8) is 0 Å². The molecule has 7 rings (SSSR count). The fraction of sp³-hybridized carbons (Fsp3) is 0.147. The molecular weight excluding hydrogens is 524 g/mol. The topological polar surface area (TPSA) is 87.3 Å². The Labute approximate surface area is 244 Å². The van der Waals surface area contributed by atoms with E-state index >= 15 is 0 Å². The fourth-order valence-electron chi connectivity index (χ4n) is 5.72. The maximum Gasteiger partial charge on any atom is 0.179 e. The van der Waals surface area contributed by atoms with E-state index in [1.807, 2.05) is 72.3 Å². The highest BCUT2D eigenvalue weighted by Gasteiger charge is 2.41. The van der Waals surface area contributed by atoms with Crippen molar-refractivity contribution in [2.45, 2.75) is 26.8 Å². The lowest BCUT2D eigenvalue weighted by atomic mass is 9.93. The highest BCUT2D eigenvalue weighted by molar-refractivity contribution is 6.51. The number of aliphatic imine (C=N–C) groups is 2. The van der Waals surface area contributed by atoms with Gasteiger partial charge in [0.15, 0.2) is 29.0 Å². The number of amidine groups is 2. The largest absolute Gasteiger partial charge is 0.504 e. The van der Waals surface area contributed by atoms with Crippen molar-refractivity contribution in [2.75, 3.05) is 17.3 Å². The van der Waals surface area contributed by atoms with E-state index in [1.54, 1.807) is 13.2 Å². The van der Waals surface area contributed by atoms with Crippen LogP contribution in [0.3, 0.4) is 0 Å². The van der Waals surface area contributed by atoms with Crippen molar-refractivity contribution >= 4 is 34.6 Å². The second-order valence-electron chi connectivity index (χ2n) is 10.6. The Morgan fingerprint density at radius 3 is 2.45 bits per heavy atom. The van der Waals surface area contributed by atoms with Gasteiger partial charge in [0.05, 0.1) is 35.9 Å². The van der Waals surface area contributed by atoms with Crippen molar-refractivity contribution < 1.29 is 9.84 Å². The number of para-hydroxylation sites is 3. The number of aromatic hydroxyl groups is 1. The van der Waals surface area contributed by atoms with E-state index in [4.69, 9.17) is 19.8 Å². The monoisotopic (exact) mass is 554 g/mol. The van der Waals surface area contributed by atoms with Gasteiger partial charge in [-0.2, -0.15) is 5.10 Å². The minimum atomic E-state index is -0.327. The Morgan fingerprint density at radius 1 is 0.857 bits per heavy atom. The molecule has 4 aromatic carbocycles. The number of fused-ring (bicyclic) bond motifs is 4. The molecule has 8 heteroatoms. The predicted octanol–water partition coefficient (Wildman–Crippen LogP) is 7.31. The summed E-state index contributed by atoms with van der Waals surface area (Å²) >= 11 is 0. The highest BCUT2D eigenvalue weighted by atomic mass is 16.5. The number of methoxy groups -OCH3 is 1. The molecule has 0 saturated carbocycles. The number of phenolic OH excluding ortho intramolecular Hbond substituents is 1. The summed E-state index contributed by atoms with van der Waals surface area (Å²) in [6.07, 6.45) is 0. The standard InChI is InChI=1S/C34H30N6O2/c1-20-14-15-21(2)26(18-20)36-32-34-37-33-30(22(3)38-40(33)24-10-6-5-7-11-24)31(23-16-17-28(41)29(19-23)42-4)39(34)27-13-9-8-12-25(27)35-32/h5-19,31,41H,1-4H3,(H,35,36)/t31-/m1/s1. The first-order valence-electron chi connectivity index (χ1n) is 13.8. The Bertz CT molecular complexity index is 1910. The van der Waals surface area contributed by atoms with Crippen LogP contribution in [0.15, 0.2) is 101 Å². The second-order valence-corrected chi connectivity index (χ2v) is 10.6. The van der Waals surface area contributed by atoms with Crippen LogP contribution in [0.5, 0.6) is 11.5 Å². The van der Waals surface area contributed by atoms with E-state index in [1.165, 1.54) is 0 Å². The average Bonchev–Trinajstić information content (AvgIpc) is 3.34. The number of nitrogens with one attached hydrogen (secondary N) is 1. The SMILES string of the molecule is COc1cc([C@@H]2c3c(C)nn(-c4ccccc4)c3N=C3C(Nc4cc(C)ccc4C)=Nc4ccccc4N32)ccc1O. The van der Waals surface area contributed by atoms with Gasteiger partial charge in [-0.05, 0) is 79.9 Å². The van der Waals surface area contributed by atoms with Gasteiger partial charge in [0.1, 0.15) is 0 Å². The van der Waals surface area contributed by atoms with Gasteiger partial charge in [0, 0.05) is 11.3 Å². The summed E-state index contributed by atoms with van der Waals surface area (Å²) in [6.45, 7) is 6.17. The van der Waals surface area contributed by atoms with E-state index in [9.17, 15) is 5.11 Å². The van der Waals surface area contributed by atoms with Crippen LogP contribution in [0.1, 0.15) is 34.0 Å². The third-order valence-electron chi connectivity index (χ3n) is 7.80. The van der Waals surface area contributed by atoms with Crippen molar-refractivity contribution in [2.24, 2.45) is 9.98 Å². The number of nitrogens with zero attached hydrogens (tertiary/aromatic N) is 5. The maximum atomic E-state index is 10.5. The van der Waals surface area contributed by atoms with E-state index in [0.29, 0.717) is 17.4 Å². The Kier molecular flexibility index (Phi) is 6.04. The maximum absolute atomic E-state index is 10.5. The molecule has 2 N–H and O–H groups in total. The first kappa shape index (κ1) is 25.6. The van der Waals surface area contributed by atoms with Crippen LogP contribution < -0.4 is 15.0 Å². The summed E-state index contributed by atoms with van der Waals surface area (Å²) in [5.41, 5.74) is 8.66. The fourth-order valence-corrected chi connectivity index (χ4v) is 5.72. The molecule has 0 spiro atoms. The third-order valence-corrected chi connectivity index (χ3v) is 7.80. The molecule has 0 radical (unpaired) electrons. The summed E-state index contributed by atoms with van der Waals surface area (Å²) in [7, 11) is 1.56. The van der Waals surface area contributed by atoms with Crippen LogP contribution in [0.25, 0.3) is 5.69 Å². The molecule has 0 saturated heterocycles. The summed E-state index contributed by atoms with van der Waals surface area (Å²) in [6, 6.07) is 29.6. The Morgan fingerprint density at radius 2 is 1.64 bits per heavy atom. The lowest BCUT2D eigenvalue weighted by Crippen LogP contribution is -2.46. The molecule has 2 aliphatic rings. The van der Waals surface area contributed by atoms with Crippen LogP contribution in [-0.2, 0) is 0 Å². The molecule has 8 nitrogen and oxygen atoms in total. The summed E-state index contributed by atoms with van der Waals surface area (Å²) in [4.78, 5) is 12.6. The average molecular weight is 555 g/mol. The van der Waals surface area contributed by atoms with Gasteiger partial charge in [-0.25, -0.2) is 14.7 Å².